The van der Waals surface area contributed by atoms with Gasteiger partial charge in [0.15, 0.2) is 0 Å². The Morgan fingerprint density at radius 2 is 2.47 bits per heavy atom. The first kappa shape index (κ1) is 12.6. The second-order valence-electron chi connectivity index (χ2n) is 5.05. The van der Waals surface area contributed by atoms with E-state index in [0.717, 1.165) is 25.9 Å². The second kappa shape index (κ2) is 5.19. The van der Waals surface area contributed by atoms with Crippen molar-refractivity contribution in [2.75, 3.05) is 13.1 Å². The lowest BCUT2D eigenvalue weighted by molar-refractivity contribution is -0.131. The molecule has 0 saturated carbocycles. The summed E-state index contributed by atoms with van der Waals surface area (Å²) in [5.41, 5.74) is -0.246. The molecule has 0 aromatic carbocycles. The van der Waals surface area contributed by atoms with Crippen LogP contribution in [0.25, 0.3) is 0 Å². The van der Waals surface area contributed by atoms with Gasteiger partial charge in [-0.3, -0.25) is 4.79 Å². The zero-order chi connectivity index (χ0) is 12.3. The summed E-state index contributed by atoms with van der Waals surface area (Å²) in [5.74, 6) is 0.172. The molecule has 0 bridgehead atoms. The quantitative estimate of drug-likeness (QED) is 0.867. The highest BCUT2D eigenvalue weighted by atomic mass is 32.1. The van der Waals surface area contributed by atoms with Crippen LogP contribution >= 0.6 is 11.3 Å². The summed E-state index contributed by atoms with van der Waals surface area (Å²) in [6, 6.07) is 4.20. The molecule has 3 nitrogen and oxygen atoms in total. The maximum atomic E-state index is 12.3. The van der Waals surface area contributed by atoms with Gasteiger partial charge >= 0.3 is 0 Å². The van der Waals surface area contributed by atoms with Gasteiger partial charge in [-0.05, 0) is 44.7 Å². The topological polar surface area (TPSA) is 41.1 Å². The molecule has 0 aliphatic carbocycles. The Balaban J connectivity index is 1.96. The van der Waals surface area contributed by atoms with E-state index in [-0.39, 0.29) is 17.4 Å². The van der Waals surface area contributed by atoms with Crippen molar-refractivity contribution in [2.45, 2.75) is 32.7 Å². The summed E-state index contributed by atoms with van der Waals surface area (Å²) in [4.78, 5) is 13.5. The van der Waals surface area contributed by atoms with Crippen molar-refractivity contribution >= 4 is 17.2 Å². The maximum absolute atomic E-state index is 12.3. The first-order chi connectivity index (χ1) is 8.12. The SMILES string of the molecule is C[C@@H](NC(=O)C1(C)CCCNC1)c1cccs1. The lowest BCUT2D eigenvalue weighted by Crippen LogP contribution is -2.49. The Bertz CT molecular complexity index is 369. The van der Waals surface area contributed by atoms with Crippen LogP contribution in [-0.4, -0.2) is 19.0 Å². The van der Waals surface area contributed by atoms with E-state index in [2.05, 4.69) is 23.6 Å². The molecular weight excluding hydrogens is 232 g/mol. The van der Waals surface area contributed by atoms with E-state index < -0.39 is 0 Å². The molecule has 2 atom stereocenters. The highest BCUT2D eigenvalue weighted by molar-refractivity contribution is 7.10. The lowest BCUT2D eigenvalue weighted by Gasteiger charge is -2.33. The van der Waals surface area contributed by atoms with Gasteiger partial charge in [0.25, 0.3) is 0 Å². The zero-order valence-corrected chi connectivity index (χ0v) is 11.3. The van der Waals surface area contributed by atoms with Gasteiger partial charge < -0.3 is 10.6 Å². The van der Waals surface area contributed by atoms with E-state index in [1.54, 1.807) is 11.3 Å². The summed E-state index contributed by atoms with van der Waals surface area (Å²) in [6.45, 7) is 5.92. The van der Waals surface area contributed by atoms with Crippen LogP contribution in [0.1, 0.15) is 37.6 Å². The normalized spacial score (nSPS) is 26.5. The van der Waals surface area contributed by atoms with E-state index in [1.165, 1.54) is 4.88 Å². The number of amides is 1. The fourth-order valence-corrected chi connectivity index (χ4v) is 2.96. The molecule has 2 rings (SSSR count). The van der Waals surface area contributed by atoms with E-state index in [9.17, 15) is 4.79 Å². The maximum Gasteiger partial charge on any atom is 0.227 e. The monoisotopic (exact) mass is 252 g/mol. The highest BCUT2D eigenvalue weighted by Crippen LogP contribution is 2.27. The molecule has 1 aliphatic rings. The Hall–Kier alpha value is -0.870. The van der Waals surface area contributed by atoms with Crippen molar-refractivity contribution in [1.29, 1.82) is 0 Å². The van der Waals surface area contributed by atoms with Crippen LogP contribution in [-0.2, 0) is 4.79 Å². The minimum Gasteiger partial charge on any atom is -0.348 e. The highest BCUT2D eigenvalue weighted by Gasteiger charge is 2.35. The molecule has 2 heterocycles. The van der Waals surface area contributed by atoms with Crippen molar-refractivity contribution in [3.63, 3.8) is 0 Å². The Morgan fingerprint density at radius 1 is 1.65 bits per heavy atom. The smallest absolute Gasteiger partial charge is 0.227 e. The van der Waals surface area contributed by atoms with Crippen LogP contribution in [0.15, 0.2) is 17.5 Å². The number of hydrogen-bond acceptors (Lipinski definition) is 3. The van der Waals surface area contributed by atoms with Gasteiger partial charge in [0.1, 0.15) is 0 Å². The van der Waals surface area contributed by atoms with Crippen LogP contribution in [0.4, 0.5) is 0 Å². The molecule has 1 aromatic heterocycles. The van der Waals surface area contributed by atoms with E-state index >= 15 is 0 Å². The minimum absolute atomic E-state index is 0.112. The van der Waals surface area contributed by atoms with Gasteiger partial charge in [0.2, 0.25) is 5.91 Å². The molecule has 1 aromatic rings. The molecule has 4 heteroatoms. The largest absolute Gasteiger partial charge is 0.348 e. The van der Waals surface area contributed by atoms with Crippen molar-refractivity contribution < 1.29 is 4.79 Å². The summed E-state index contributed by atoms with van der Waals surface area (Å²) >= 11 is 1.69. The summed E-state index contributed by atoms with van der Waals surface area (Å²) in [6.07, 6.45) is 2.06. The Labute approximate surface area is 107 Å². The van der Waals surface area contributed by atoms with Crippen molar-refractivity contribution in [3.8, 4) is 0 Å². The second-order valence-corrected chi connectivity index (χ2v) is 6.03. The summed E-state index contributed by atoms with van der Waals surface area (Å²) in [7, 11) is 0. The van der Waals surface area contributed by atoms with Gasteiger partial charge in [-0.25, -0.2) is 0 Å². The molecule has 1 amide bonds. The van der Waals surface area contributed by atoms with E-state index in [1.807, 2.05) is 18.4 Å². The van der Waals surface area contributed by atoms with Gasteiger partial charge in [0, 0.05) is 11.4 Å². The number of thiophene rings is 1. The summed E-state index contributed by atoms with van der Waals surface area (Å²) < 4.78 is 0. The predicted octanol–water partition coefficient (Wildman–Crippen LogP) is 2.32. The number of carbonyl (C=O) groups excluding carboxylic acids is 1. The van der Waals surface area contributed by atoms with E-state index in [0.29, 0.717) is 0 Å². The van der Waals surface area contributed by atoms with Crippen LogP contribution in [0, 0.1) is 5.41 Å². The van der Waals surface area contributed by atoms with Gasteiger partial charge in [-0.15, -0.1) is 11.3 Å². The molecule has 2 N–H and O–H groups in total. The molecule has 1 saturated heterocycles. The Kier molecular flexibility index (Phi) is 3.84. The average Bonchev–Trinajstić information content (AvgIpc) is 2.83. The predicted molar refractivity (Wildman–Crippen MR) is 71.1 cm³/mol. The summed E-state index contributed by atoms with van der Waals surface area (Å²) in [5, 5.41) is 8.47. The number of carbonyl (C=O) groups is 1. The molecular formula is C13H20N2OS. The first-order valence-electron chi connectivity index (χ1n) is 6.17. The standard InChI is InChI=1S/C13H20N2OS/c1-10(11-5-3-8-17-11)15-12(16)13(2)6-4-7-14-9-13/h3,5,8,10,14H,4,6-7,9H2,1-2H3,(H,15,16)/t10-,13?/m1/s1. The van der Waals surface area contributed by atoms with Gasteiger partial charge in [0.05, 0.1) is 11.5 Å². The fourth-order valence-electron chi connectivity index (χ4n) is 2.23. The van der Waals surface area contributed by atoms with Gasteiger partial charge in [-0.1, -0.05) is 6.07 Å². The number of piperidine rings is 1. The first-order valence-corrected chi connectivity index (χ1v) is 7.05. The zero-order valence-electron chi connectivity index (χ0n) is 10.5. The van der Waals surface area contributed by atoms with Crippen LogP contribution in [0.2, 0.25) is 0 Å². The molecule has 1 aliphatic heterocycles. The molecule has 1 unspecified atom stereocenters. The van der Waals surface area contributed by atoms with Crippen LogP contribution < -0.4 is 10.6 Å². The third kappa shape index (κ3) is 2.87. The lowest BCUT2D eigenvalue weighted by atomic mass is 9.81. The van der Waals surface area contributed by atoms with Crippen molar-refractivity contribution in [3.05, 3.63) is 22.4 Å². The molecule has 0 spiro atoms. The third-order valence-corrected chi connectivity index (χ3v) is 4.52. The van der Waals surface area contributed by atoms with Crippen LogP contribution in [0.3, 0.4) is 0 Å². The molecule has 17 heavy (non-hydrogen) atoms. The molecule has 0 radical (unpaired) electrons. The minimum atomic E-state index is -0.246. The van der Waals surface area contributed by atoms with Gasteiger partial charge in [-0.2, -0.15) is 0 Å². The molecule has 1 fully saturated rings. The average molecular weight is 252 g/mol. The molecule has 94 valence electrons. The third-order valence-electron chi connectivity index (χ3n) is 3.46. The number of nitrogens with one attached hydrogen (secondary N) is 2. The van der Waals surface area contributed by atoms with Crippen molar-refractivity contribution in [1.82, 2.24) is 10.6 Å². The number of rotatable bonds is 3. The van der Waals surface area contributed by atoms with Crippen molar-refractivity contribution in [2.24, 2.45) is 5.41 Å². The van der Waals surface area contributed by atoms with Crippen LogP contribution in [0.5, 0.6) is 0 Å². The van der Waals surface area contributed by atoms with E-state index in [4.69, 9.17) is 0 Å². The fraction of sp³-hybridized carbons (Fsp3) is 0.615. The Morgan fingerprint density at radius 3 is 3.06 bits per heavy atom. The number of hydrogen-bond donors (Lipinski definition) is 2.